The lowest BCUT2D eigenvalue weighted by molar-refractivity contribution is -0.109. The van der Waals surface area contributed by atoms with Crippen LogP contribution in [0.3, 0.4) is 0 Å². The molecule has 29 heavy (non-hydrogen) atoms. The van der Waals surface area contributed by atoms with Crippen molar-refractivity contribution in [1.29, 1.82) is 0 Å². The van der Waals surface area contributed by atoms with E-state index in [1.165, 1.54) is 0 Å². The Balaban J connectivity index is 1.97. The molecular formula is C26H20O3. The van der Waals surface area contributed by atoms with E-state index in [-0.39, 0.29) is 5.78 Å². The number of ether oxygens (including phenoxy) is 2. The van der Waals surface area contributed by atoms with Crippen LogP contribution in [0, 0.1) is 0 Å². The van der Waals surface area contributed by atoms with Gasteiger partial charge < -0.3 is 9.47 Å². The number of allylic oxidation sites excluding steroid dienone is 2. The van der Waals surface area contributed by atoms with E-state index < -0.39 is 0 Å². The second-order valence-corrected chi connectivity index (χ2v) is 6.62. The molecular weight excluding hydrogens is 360 g/mol. The second-order valence-electron chi connectivity index (χ2n) is 6.62. The minimum Gasteiger partial charge on any atom is -0.497 e. The van der Waals surface area contributed by atoms with Crippen LogP contribution in [0.25, 0.3) is 17.2 Å². The molecule has 0 saturated heterocycles. The predicted octanol–water partition coefficient (Wildman–Crippen LogP) is 5.41. The first-order chi connectivity index (χ1) is 14.2. The number of carbonyl (C=O) groups excluding carboxylic acids is 1. The van der Waals surface area contributed by atoms with E-state index in [1.807, 2.05) is 78.9 Å². The van der Waals surface area contributed by atoms with Crippen molar-refractivity contribution in [3.63, 3.8) is 0 Å². The van der Waals surface area contributed by atoms with Gasteiger partial charge in [-0.3, -0.25) is 4.79 Å². The van der Waals surface area contributed by atoms with Crippen molar-refractivity contribution >= 4 is 23.0 Å². The normalized spacial score (nSPS) is 12.2. The monoisotopic (exact) mass is 380 g/mol. The molecule has 0 amide bonds. The molecule has 3 aromatic carbocycles. The van der Waals surface area contributed by atoms with Crippen molar-refractivity contribution in [2.45, 2.75) is 0 Å². The average molecular weight is 380 g/mol. The van der Waals surface area contributed by atoms with Crippen molar-refractivity contribution < 1.29 is 14.3 Å². The zero-order chi connectivity index (χ0) is 20.2. The van der Waals surface area contributed by atoms with Crippen LogP contribution >= 0.6 is 0 Å². The quantitative estimate of drug-likeness (QED) is 0.448. The highest BCUT2D eigenvalue weighted by molar-refractivity contribution is 6.30. The maximum absolute atomic E-state index is 12.7. The average Bonchev–Trinajstić information content (AvgIpc) is 2.79. The van der Waals surface area contributed by atoms with Crippen LogP contribution in [0.15, 0.2) is 84.6 Å². The van der Waals surface area contributed by atoms with Gasteiger partial charge in [0.15, 0.2) is 5.78 Å². The smallest absolute Gasteiger partial charge is 0.194 e. The van der Waals surface area contributed by atoms with E-state index in [1.54, 1.807) is 20.3 Å². The van der Waals surface area contributed by atoms with Crippen molar-refractivity contribution in [3.05, 3.63) is 107 Å². The summed E-state index contributed by atoms with van der Waals surface area (Å²) in [5.41, 5.74) is 8.61. The van der Waals surface area contributed by atoms with Crippen LogP contribution in [0.4, 0.5) is 0 Å². The van der Waals surface area contributed by atoms with Gasteiger partial charge in [0.2, 0.25) is 0 Å². The molecule has 3 aromatic rings. The van der Waals surface area contributed by atoms with Gasteiger partial charge in [-0.15, -0.1) is 0 Å². The van der Waals surface area contributed by atoms with Crippen LogP contribution in [0.5, 0.6) is 11.5 Å². The lowest BCUT2D eigenvalue weighted by Crippen LogP contribution is -2.04. The minimum absolute atomic E-state index is 0.0526. The topological polar surface area (TPSA) is 35.5 Å². The van der Waals surface area contributed by atoms with Crippen LogP contribution < -0.4 is 9.47 Å². The third kappa shape index (κ3) is 3.77. The summed E-state index contributed by atoms with van der Waals surface area (Å²) in [6, 6.07) is 23.4. The van der Waals surface area contributed by atoms with Gasteiger partial charge in [-0.2, -0.15) is 0 Å². The lowest BCUT2D eigenvalue weighted by atomic mass is 9.90. The predicted molar refractivity (Wildman–Crippen MR) is 116 cm³/mol. The Hall–Kier alpha value is -3.81. The molecule has 0 bridgehead atoms. The van der Waals surface area contributed by atoms with Crippen LogP contribution in [0.1, 0.15) is 22.3 Å². The largest absolute Gasteiger partial charge is 0.497 e. The highest BCUT2D eigenvalue weighted by Crippen LogP contribution is 2.31. The minimum atomic E-state index is -0.0526. The van der Waals surface area contributed by atoms with Crippen LogP contribution in [-0.2, 0) is 4.79 Å². The molecule has 0 atom stereocenters. The standard InChI is InChI=1S/C26H20O3/c1-28-21-12-7-19(8-13-21)24(20-9-14-22(29-2)15-10-20)17-25-23-6-4-3-5-18(23)11-16-26(25)27/h3-16H,1-2H3. The van der Waals surface area contributed by atoms with E-state index >= 15 is 0 Å². The lowest BCUT2D eigenvalue weighted by Gasteiger charge is -2.13. The number of benzene rings is 3. The second kappa shape index (κ2) is 8.05. The van der Waals surface area contributed by atoms with E-state index in [0.717, 1.165) is 39.3 Å². The molecule has 0 heterocycles. The molecule has 3 nitrogen and oxygen atoms in total. The number of carbonyl (C=O) groups is 1. The number of hydrogen-bond donors (Lipinski definition) is 0. The molecule has 0 unspecified atom stereocenters. The highest BCUT2D eigenvalue weighted by Gasteiger charge is 2.17. The molecule has 3 heteroatoms. The number of hydrogen-bond acceptors (Lipinski definition) is 3. The highest BCUT2D eigenvalue weighted by atomic mass is 16.5. The van der Waals surface area contributed by atoms with Crippen molar-refractivity contribution in [2.75, 3.05) is 14.2 Å². The SMILES string of the molecule is COc1ccc(C(=C=C2C(=O)C=Cc3ccccc32)c2ccc(OC)cc2)cc1. The van der Waals surface area contributed by atoms with Crippen molar-refractivity contribution in [1.82, 2.24) is 0 Å². The zero-order valence-corrected chi connectivity index (χ0v) is 16.3. The Bertz CT molecular complexity index is 1090. The molecule has 1 aliphatic carbocycles. The van der Waals surface area contributed by atoms with E-state index in [2.05, 4.69) is 5.73 Å². The summed E-state index contributed by atoms with van der Waals surface area (Å²) in [5, 5.41) is 0. The number of ketones is 1. The molecule has 0 aromatic heterocycles. The fraction of sp³-hybridized carbons (Fsp3) is 0.0769. The molecule has 0 saturated carbocycles. The van der Waals surface area contributed by atoms with Gasteiger partial charge in [0.25, 0.3) is 0 Å². The maximum Gasteiger partial charge on any atom is 0.194 e. The third-order valence-corrected chi connectivity index (χ3v) is 4.90. The number of rotatable bonds is 4. The summed E-state index contributed by atoms with van der Waals surface area (Å²) in [5.74, 6) is 1.50. The fourth-order valence-corrected chi connectivity index (χ4v) is 3.33. The number of methoxy groups -OCH3 is 2. The van der Waals surface area contributed by atoms with Crippen LogP contribution in [-0.4, -0.2) is 20.0 Å². The van der Waals surface area contributed by atoms with Gasteiger partial charge in [0.05, 0.1) is 19.8 Å². The molecule has 0 aliphatic heterocycles. The molecule has 0 N–H and O–H groups in total. The van der Waals surface area contributed by atoms with E-state index in [4.69, 9.17) is 9.47 Å². The summed E-state index contributed by atoms with van der Waals surface area (Å²) < 4.78 is 10.6. The summed E-state index contributed by atoms with van der Waals surface area (Å²) in [6.07, 6.45) is 3.45. The molecule has 1 aliphatic rings. The Morgan fingerprint density at radius 3 is 1.83 bits per heavy atom. The fourth-order valence-electron chi connectivity index (χ4n) is 3.33. The van der Waals surface area contributed by atoms with Gasteiger partial charge in [-0.1, -0.05) is 60.3 Å². The van der Waals surface area contributed by atoms with Gasteiger partial charge in [-0.05, 0) is 47.0 Å². The Kier molecular flexibility index (Phi) is 5.15. The molecule has 142 valence electrons. The summed E-state index contributed by atoms with van der Waals surface area (Å²) >= 11 is 0. The Labute approximate surface area is 170 Å². The van der Waals surface area contributed by atoms with Crippen molar-refractivity contribution in [3.8, 4) is 11.5 Å². The maximum atomic E-state index is 12.7. The van der Waals surface area contributed by atoms with Gasteiger partial charge in [0.1, 0.15) is 11.5 Å². The molecule has 0 radical (unpaired) electrons. The first kappa shape index (κ1) is 18.5. The van der Waals surface area contributed by atoms with E-state index in [0.29, 0.717) is 5.57 Å². The Morgan fingerprint density at radius 2 is 1.28 bits per heavy atom. The summed E-state index contributed by atoms with van der Waals surface area (Å²) in [7, 11) is 3.28. The Morgan fingerprint density at radius 1 is 0.724 bits per heavy atom. The first-order valence-electron chi connectivity index (χ1n) is 9.31. The third-order valence-electron chi connectivity index (χ3n) is 4.90. The zero-order valence-electron chi connectivity index (χ0n) is 16.3. The molecule has 0 spiro atoms. The summed E-state index contributed by atoms with van der Waals surface area (Å²) in [6.45, 7) is 0. The van der Waals surface area contributed by atoms with Gasteiger partial charge >= 0.3 is 0 Å². The van der Waals surface area contributed by atoms with E-state index in [9.17, 15) is 4.79 Å². The molecule has 0 fully saturated rings. The van der Waals surface area contributed by atoms with Gasteiger partial charge in [0, 0.05) is 11.1 Å². The van der Waals surface area contributed by atoms with Gasteiger partial charge in [-0.25, -0.2) is 0 Å². The van der Waals surface area contributed by atoms with Crippen LogP contribution in [0.2, 0.25) is 0 Å². The first-order valence-corrected chi connectivity index (χ1v) is 9.31. The number of fused-ring (bicyclic) bond motifs is 1. The molecule has 4 rings (SSSR count). The van der Waals surface area contributed by atoms with Crippen molar-refractivity contribution in [2.24, 2.45) is 0 Å². The summed E-state index contributed by atoms with van der Waals surface area (Å²) in [4.78, 5) is 12.7.